The Bertz CT molecular complexity index is 1170. The van der Waals surface area contributed by atoms with Gasteiger partial charge in [-0.25, -0.2) is 0 Å². The molecule has 0 aliphatic carbocycles. The van der Waals surface area contributed by atoms with Gasteiger partial charge in [0.1, 0.15) is 11.6 Å². The average molecular weight is 473 g/mol. The number of para-hydroxylation sites is 1. The monoisotopic (exact) mass is 472 g/mol. The second-order valence-electron chi connectivity index (χ2n) is 7.65. The van der Waals surface area contributed by atoms with Crippen molar-refractivity contribution < 1.29 is 4.79 Å². The Morgan fingerprint density at radius 3 is 2.42 bits per heavy atom. The van der Waals surface area contributed by atoms with E-state index in [-0.39, 0.29) is 5.57 Å². The minimum absolute atomic E-state index is 0.0747. The molecule has 3 aromatic rings. The second kappa shape index (κ2) is 10.2. The van der Waals surface area contributed by atoms with Crippen LogP contribution in [0, 0.1) is 25.2 Å². The third-order valence-corrected chi connectivity index (χ3v) is 5.59. The van der Waals surface area contributed by atoms with Crippen LogP contribution in [-0.4, -0.2) is 5.91 Å². The van der Waals surface area contributed by atoms with Gasteiger partial charge in [0.15, 0.2) is 0 Å². The van der Waals surface area contributed by atoms with Crippen LogP contribution < -0.4 is 5.32 Å². The smallest absolute Gasteiger partial charge is 0.266 e. The van der Waals surface area contributed by atoms with Crippen molar-refractivity contribution in [2.45, 2.75) is 33.6 Å². The molecule has 0 saturated carbocycles. The zero-order chi connectivity index (χ0) is 22.4. The summed E-state index contributed by atoms with van der Waals surface area (Å²) in [5.41, 5.74) is 7.39. The van der Waals surface area contributed by atoms with Crippen molar-refractivity contribution in [1.82, 2.24) is 0 Å². The highest BCUT2D eigenvalue weighted by atomic mass is 79.9. The number of carbonyl (C=O) groups excluding carboxylic acids is 1. The van der Waals surface area contributed by atoms with E-state index < -0.39 is 5.91 Å². The minimum atomic E-state index is -0.402. The fraction of sp³-hybridized carbons (Fsp3) is 0.185. The number of amides is 1. The SMILES string of the molecule is CCc1ccccc1NC(=O)/C(C#N)=C/c1cc(Br)ccc1Cc1cc(C)cc(C)c1. The van der Waals surface area contributed by atoms with Crippen LogP contribution in [-0.2, 0) is 17.6 Å². The molecule has 0 atom stereocenters. The number of anilines is 1. The average Bonchev–Trinajstić information content (AvgIpc) is 2.73. The minimum Gasteiger partial charge on any atom is -0.321 e. The lowest BCUT2D eigenvalue weighted by Crippen LogP contribution is -2.14. The van der Waals surface area contributed by atoms with E-state index in [1.807, 2.05) is 49.4 Å². The molecule has 1 N–H and O–H groups in total. The van der Waals surface area contributed by atoms with Crippen molar-refractivity contribution in [3.05, 3.63) is 104 Å². The molecule has 31 heavy (non-hydrogen) atoms. The van der Waals surface area contributed by atoms with Crippen LogP contribution >= 0.6 is 15.9 Å². The number of hydrogen-bond donors (Lipinski definition) is 1. The molecule has 0 heterocycles. The zero-order valence-corrected chi connectivity index (χ0v) is 19.6. The largest absolute Gasteiger partial charge is 0.321 e. The van der Waals surface area contributed by atoms with Crippen LogP contribution in [0.1, 0.15) is 40.3 Å². The molecule has 0 spiro atoms. The van der Waals surface area contributed by atoms with Crippen LogP contribution in [0.15, 0.2) is 70.7 Å². The van der Waals surface area contributed by atoms with Gasteiger partial charge in [0, 0.05) is 10.2 Å². The summed E-state index contributed by atoms with van der Waals surface area (Å²) in [6.45, 7) is 6.21. The van der Waals surface area contributed by atoms with Crippen molar-refractivity contribution >= 4 is 33.6 Å². The topological polar surface area (TPSA) is 52.9 Å². The molecule has 0 saturated heterocycles. The first-order chi connectivity index (χ1) is 14.9. The molecular weight excluding hydrogens is 448 g/mol. The second-order valence-corrected chi connectivity index (χ2v) is 8.57. The quantitative estimate of drug-likeness (QED) is 0.318. The maximum Gasteiger partial charge on any atom is 0.266 e. The first-order valence-corrected chi connectivity index (χ1v) is 11.1. The summed E-state index contributed by atoms with van der Waals surface area (Å²) in [4.78, 5) is 12.8. The van der Waals surface area contributed by atoms with Gasteiger partial charge < -0.3 is 5.32 Å². The highest BCUT2D eigenvalue weighted by Gasteiger charge is 2.13. The lowest BCUT2D eigenvalue weighted by molar-refractivity contribution is -0.112. The lowest BCUT2D eigenvalue weighted by Gasteiger charge is -2.11. The summed E-state index contributed by atoms with van der Waals surface area (Å²) in [5, 5.41) is 12.6. The molecule has 0 radical (unpaired) electrons. The predicted molar refractivity (Wildman–Crippen MR) is 131 cm³/mol. The molecule has 4 heteroatoms. The summed E-state index contributed by atoms with van der Waals surface area (Å²) in [6.07, 6.45) is 3.20. The summed E-state index contributed by atoms with van der Waals surface area (Å²) in [5.74, 6) is -0.402. The molecule has 3 aromatic carbocycles. The van der Waals surface area contributed by atoms with Crippen LogP contribution in [0.2, 0.25) is 0 Å². The van der Waals surface area contributed by atoms with Gasteiger partial charge in [-0.2, -0.15) is 5.26 Å². The highest BCUT2D eigenvalue weighted by molar-refractivity contribution is 9.10. The molecule has 0 unspecified atom stereocenters. The predicted octanol–water partition coefficient (Wildman–Crippen LogP) is 6.76. The van der Waals surface area contributed by atoms with Crippen molar-refractivity contribution in [2.75, 3.05) is 5.32 Å². The van der Waals surface area contributed by atoms with Gasteiger partial charge in [0.25, 0.3) is 5.91 Å². The normalized spacial score (nSPS) is 11.1. The van der Waals surface area contributed by atoms with E-state index in [9.17, 15) is 10.1 Å². The third-order valence-electron chi connectivity index (χ3n) is 5.10. The van der Waals surface area contributed by atoms with E-state index in [0.29, 0.717) is 0 Å². The van der Waals surface area contributed by atoms with Crippen molar-refractivity contribution in [1.29, 1.82) is 5.26 Å². The Labute approximate surface area is 192 Å². The van der Waals surface area contributed by atoms with Gasteiger partial charge in [-0.15, -0.1) is 0 Å². The van der Waals surface area contributed by atoms with Crippen LogP contribution in [0.5, 0.6) is 0 Å². The number of nitrogens with zero attached hydrogens (tertiary/aromatic N) is 1. The van der Waals surface area contributed by atoms with Crippen molar-refractivity contribution in [3.63, 3.8) is 0 Å². The van der Waals surface area contributed by atoms with Crippen LogP contribution in [0.4, 0.5) is 5.69 Å². The maximum absolute atomic E-state index is 12.8. The molecule has 1 amide bonds. The molecule has 3 nitrogen and oxygen atoms in total. The Morgan fingerprint density at radius 2 is 1.74 bits per heavy atom. The van der Waals surface area contributed by atoms with Gasteiger partial charge >= 0.3 is 0 Å². The van der Waals surface area contributed by atoms with E-state index in [1.165, 1.54) is 16.7 Å². The number of carbonyl (C=O) groups is 1. The molecule has 0 fully saturated rings. The Balaban J connectivity index is 1.93. The van der Waals surface area contributed by atoms with Crippen LogP contribution in [0.3, 0.4) is 0 Å². The highest BCUT2D eigenvalue weighted by Crippen LogP contribution is 2.24. The number of benzene rings is 3. The first-order valence-electron chi connectivity index (χ1n) is 10.3. The zero-order valence-electron chi connectivity index (χ0n) is 18.0. The summed E-state index contributed by atoms with van der Waals surface area (Å²) in [7, 11) is 0. The van der Waals surface area contributed by atoms with Gasteiger partial charge in [-0.3, -0.25) is 4.79 Å². The standard InChI is InChI=1S/C27H25BrN2O/c1-4-21-7-5-6-8-26(21)30-27(31)24(17-29)15-23-16-25(28)10-9-22(23)14-20-12-18(2)11-19(3)13-20/h5-13,15-16H,4,14H2,1-3H3,(H,30,31)/b24-15+. The molecule has 0 bridgehead atoms. The molecule has 3 rings (SSSR count). The number of rotatable bonds is 6. The lowest BCUT2D eigenvalue weighted by atomic mass is 9.96. The Kier molecular flexibility index (Phi) is 7.44. The van der Waals surface area contributed by atoms with Crippen molar-refractivity contribution in [2.24, 2.45) is 0 Å². The fourth-order valence-corrected chi connectivity index (χ4v) is 4.08. The first kappa shape index (κ1) is 22.5. The van der Waals surface area contributed by atoms with Gasteiger partial charge in [-0.1, -0.05) is 76.4 Å². The van der Waals surface area contributed by atoms with Gasteiger partial charge in [0.05, 0.1) is 0 Å². The molecule has 0 aliphatic rings. The maximum atomic E-state index is 12.8. The summed E-state index contributed by atoms with van der Waals surface area (Å²) < 4.78 is 0.900. The number of nitrogens with one attached hydrogen (secondary N) is 1. The summed E-state index contributed by atoms with van der Waals surface area (Å²) >= 11 is 3.51. The number of halogens is 1. The van der Waals surface area contributed by atoms with E-state index in [4.69, 9.17) is 0 Å². The van der Waals surface area contributed by atoms with E-state index in [0.717, 1.165) is 39.7 Å². The van der Waals surface area contributed by atoms with E-state index in [2.05, 4.69) is 59.4 Å². The molecule has 0 aliphatic heterocycles. The van der Waals surface area contributed by atoms with Crippen molar-refractivity contribution in [3.8, 4) is 6.07 Å². The van der Waals surface area contributed by atoms with Gasteiger partial charge in [0.2, 0.25) is 0 Å². The number of aryl methyl sites for hydroxylation is 3. The van der Waals surface area contributed by atoms with Crippen LogP contribution in [0.25, 0.3) is 6.08 Å². The molecule has 156 valence electrons. The third kappa shape index (κ3) is 5.93. The summed E-state index contributed by atoms with van der Waals surface area (Å²) in [6, 6.07) is 22.2. The number of nitriles is 1. The molecule has 0 aromatic heterocycles. The molecular formula is C27H25BrN2O. The van der Waals surface area contributed by atoms with E-state index >= 15 is 0 Å². The fourth-order valence-electron chi connectivity index (χ4n) is 3.70. The Hall–Kier alpha value is -3.16. The van der Waals surface area contributed by atoms with E-state index in [1.54, 1.807) is 6.08 Å². The Morgan fingerprint density at radius 1 is 1.03 bits per heavy atom. The number of hydrogen-bond acceptors (Lipinski definition) is 2. The van der Waals surface area contributed by atoms with Gasteiger partial charge in [-0.05, 0) is 73.2 Å².